The molecule has 0 spiro atoms. The molecule has 2 nitrogen and oxygen atoms in total. The summed E-state index contributed by atoms with van der Waals surface area (Å²) in [5, 5.41) is 0. The fraction of sp³-hybridized carbons (Fsp3) is 0.296. The summed E-state index contributed by atoms with van der Waals surface area (Å²) in [5.74, 6) is 1.54. The van der Waals surface area contributed by atoms with Crippen molar-refractivity contribution in [3.05, 3.63) is 95.1 Å². The number of rotatable bonds is 4. The highest BCUT2D eigenvalue weighted by atomic mass is 16.5. The van der Waals surface area contributed by atoms with Crippen LogP contribution < -0.4 is 4.74 Å². The molecule has 0 saturated heterocycles. The molecular formula is C27H30O2. The summed E-state index contributed by atoms with van der Waals surface area (Å²) < 4.78 is 5.85. The van der Waals surface area contributed by atoms with Crippen molar-refractivity contribution < 1.29 is 9.53 Å². The molecule has 0 aromatic heterocycles. The van der Waals surface area contributed by atoms with Crippen LogP contribution in [-0.2, 0) is 10.8 Å². The molecule has 0 heterocycles. The number of hydrogen-bond donors (Lipinski definition) is 0. The van der Waals surface area contributed by atoms with E-state index in [0.717, 1.165) is 22.4 Å². The van der Waals surface area contributed by atoms with Gasteiger partial charge in [0.25, 0.3) is 0 Å². The molecule has 0 radical (unpaired) electrons. The molecule has 29 heavy (non-hydrogen) atoms. The first-order chi connectivity index (χ1) is 13.6. The monoisotopic (exact) mass is 386 g/mol. The molecule has 150 valence electrons. The molecule has 3 rings (SSSR count). The zero-order valence-electron chi connectivity index (χ0n) is 18.2. The minimum atomic E-state index is -0.113. The predicted molar refractivity (Wildman–Crippen MR) is 120 cm³/mol. The Balaban J connectivity index is 1.95. The summed E-state index contributed by atoms with van der Waals surface area (Å²) in [6.07, 6.45) is 0. The summed E-state index contributed by atoms with van der Waals surface area (Å²) in [4.78, 5) is 13.4. The van der Waals surface area contributed by atoms with Crippen LogP contribution in [0, 0.1) is 0 Å². The van der Waals surface area contributed by atoms with Crippen molar-refractivity contribution in [2.24, 2.45) is 0 Å². The van der Waals surface area contributed by atoms with Crippen LogP contribution in [0.3, 0.4) is 0 Å². The minimum Gasteiger partial charge on any atom is -0.457 e. The van der Waals surface area contributed by atoms with E-state index in [9.17, 15) is 4.79 Å². The van der Waals surface area contributed by atoms with Crippen molar-refractivity contribution in [1.82, 2.24) is 0 Å². The molecule has 2 heteroatoms. The van der Waals surface area contributed by atoms with Gasteiger partial charge in [-0.15, -0.1) is 0 Å². The van der Waals surface area contributed by atoms with Crippen LogP contribution in [-0.4, -0.2) is 5.78 Å². The second-order valence-electron chi connectivity index (χ2n) is 9.53. The third kappa shape index (κ3) is 4.95. The van der Waals surface area contributed by atoms with E-state index >= 15 is 0 Å². The molecular weight excluding hydrogens is 356 g/mol. The lowest BCUT2D eigenvalue weighted by molar-refractivity contribution is 0.103. The molecule has 0 aliphatic heterocycles. The van der Waals surface area contributed by atoms with Crippen molar-refractivity contribution >= 4 is 5.78 Å². The molecule has 0 bridgehead atoms. The van der Waals surface area contributed by atoms with E-state index in [1.54, 1.807) is 0 Å². The first-order valence-electron chi connectivity index (χ1n) is 10.1. The highest BCUT2D eigenvalue weighted by molar-refractivity contribution is 6.10. The Hall–Kier alpha value is -2.87. The normalized spacial score (nSPS) is 11.9. The zero-order chi connectivity index (χ0) is 21.2. The van der Waals surface area contributed by atoms with E-state index < -0.39 is 0 Å². The van der Waals surface area contributed by atoms with Gasteiger partial charge in [0.1, 0.15) is 11.5 Å². The minimum absolute atomic E-state index is 0.0151. The molecule has 0 fully saturated rings. The first kappa shape index (κ1) is 20.9. The summed E-state index contributed by atoms with van der Waals surface area (Å²) in [5.41, 5.74) is 3.55. The Morgan fingerprint density at radius 2 is 1.28 bits per heavy atom. The summed E-state index contributed by atoms with van der Waals surface area (Å²) in [6, 6.07) is 23.4. The third-order valence-corrected chi connectivity index (χ3v) is 5.03. The highest BCUT2D eigenvalue weighted by Crippen LogP contribution is 2.32. The fourth-order valence-electron chi connectivity index (χ4n) is 3.31. The van der Waals surface area contributed by atoms with Crippen LogP contribution in [0.1, 0.15) is 68.6 Å². The average Bonchev–Trinajstić information content (AvgIpc) is 2.67. The van der Waals surface area contributed by atoms with Crippen molar-refractivity contribution in [2.45, 2.75) is 52.4 Å². The Morgan fingerprint density at radius 1 is 0.690 bits per heavy atom. The summed E-state index contributed by atoms with van der Waals surface area (Å²) >= 11 is 0. The van der Waals surface area contributed by atoms with Gasteiger partial charge in [-0.1, -0.05) is 71.9 Å². The molecule has 0 N–H and O–H groups in total. The fourth-order valence-corrected chi connectivity index (χ4v) is 3.31. The first-order valence-corrected chi connectivity index (χ1v) is 10.1. The summed E-state index contributed by atoms with van der Waals surface area (Å²) in [7, 11) is 0. The van der Waals surface area contributed by atoms with Gasteiger partial charge in [-0.05, 0) is 64.4 Å². The van der Waals surface area contributed by atoms with Gasteiger partial charge in [-0.3, -0.25) is 4.79 Å². The predicted octanol–water partition coefficient (Wildman–Crippen LogP) is 7.30. The standard InChI is InChI=1S/C27H30O2/c1-26(2,3)20-14-17-24(27(4,5)6)23(18-20)25(28)19-12-15-22(16-13-19)29-21-10-8-7-9-11-21/h7-18H,1-6H3. The molecule has 0 amide bonds. The van der Waals surface area contributed by atoms with Crippen LogP contribution in [0.5, 0.6) is 11.5 Å². The number of benzene rings is 3. The molecule has 3 aromatic carbocycles. The lowest BCUT2D eigenvalue weighted by Gasteiger charge is -2.26. The van der Waals surface area contributed by atoms with Gasteiger partial charge in [0.05, 0.1) is 0 Å². The molecule has 0 aliphatic rings. The van der Waals surface area contributed by atoms with E-state index in [-0.39, 0.29) is 16.6 Å². The largest absolute Gasteiger partial charge is 0.457 e. The van der Waals surface area contributed by atoms with E-state index in [4.69, 9.17) is 4.74 Å². The second kappa shape index (κ2) is 7.87. The van der Waals surface area contributed by atoms with E-state index in [2.05, 4.69) is 59.7 Å². The van der Waals surface area contributed by atoms with Crippen molar-refractivity contribution in [2.75, 3.05) is 0 Å². The number of ketones is 1. The van der Waals surface area contributed by atoms with Crippen LogP contribution in [0.25, 0.3) is 0 Å². The second-order valence-corrected chi connectivity index (χ2v) is 9.53. The maximum absolute atomic E-state index is 13.4. The van der Waals surface area contributed by atoms with Crippen molar-refractivity contribution in [1.29, 1.82) is 0 Å². The molecule has 0 atom stereocenters. The number of carbonyl (C=O) groups is 1. The van der Waals surface area contributed by atoms with Gasteiger partial charge in [-0.2, -0.15) is 0 Å². The van der Waals surface area contributed by atoms with Gasteiger partial charge in [0.2, 0.25) is 0 Å². The lowest BCUT2D eigenvalue weighted by Crippen LogP contribution is -2.20. The van der Waals surface area contributed by atoms with Gasteiger partial charge in [0, 0.05) is 11.1 Å². The SMILES string of the molecule is CC(C)(C)c1ccc(C(C)(C)C)c(C(=O)c2ccc(Oc3ccccc3)cc2)c1. The number of ether oxygens (including phenoxy) is 1. The molecule has 0 unspecified atom stereocenters. The third-order valence-electron chi connectivity index (χ3n) is 5.03. The molecule has 3 aromatic rings. The summed E-state index contributed by atoms with van der Waals surface area (Å²) in [6.45, 7) is 12.9. The Bertz CT molecular complexity index is 985. The van der Waals surface area contributed by atoms with Gasteiger partial charge in [-0.25, -0.2) is 0 Å². The maximum Gasteiger partial charge on any atom is 0.193 e. The van der Waals surface area contributed by atoms with Crippen LogP contribution >= 0.6 is 0 Å². The van der Waals surface area contributed by atoms with Gasteiger partial charge < -0.3 is 4.74 Å². The molecule has 0 aliphatic carbocycles. The number of hydrogen-bond acceptors (Lipinski definition) is 2. The quantitative estimate of drug-likeness (QED) is 0.440. The topological polar surface area (TPSA) is 26.3 Å². The zero-order valence-corrected chi connectivity index (χ0v) is 18.2. The highest BCUT2D eigenvalue weighted by Gasteiger charge is 2.25. The van der Waals surface area contributed by atoms with E-state index in [1.807, 2.05) is 54.6 Å². The Morgan fingerprint density at radius 3 is 1.83 bits per heavy atom. The maximum atomic E-state index is 13.4. The molecule has 0 saturated carbocycles. The van der Waals surface area contributed by atoms with Crippen molar-refractivity contribution in [3.63, 3.8) is 0 Å². The lowest BCUT2D eigenvalue weighted by atomic mass is 9.78. The average molecular weight is 387 g/mol. The smallest absolute Gasteiger partial charge is 0.193 e. The van der Waals surface area contributed by atoms with Crippen LogP contribution in [0.4, 0.5) is 0 Å². The Labute approximate surface area is 174 Å². The van der Waals surface area contributed by atoms with Gasteiger partial charge in [0.15, 0.2) is 5.78 Å². The van der Waals surface area contributed by atoms with Gasteiger partial charge >= 0.3 is 0 Å². The van der Waals surface area contributed by atoms with Crippen LogP contribution in [0.2, 0.25) is 0 Å². The number of para-hydroxylation sites is 1. The van der Waals surface area contributed by atoms with E-state index in [0.29, 0.717) is 11.3 Å². The number of carbonyl (C=O) groups excluding carboxylic acids is 1. The van der Waals surface area contributed by atoms with E-state index in [1.165, 1.54) is 0 Å². The van der Waals surface area contributed by atoms with Crippen molar-refractivity contribution in [3.8, 4) is 11.5 Å². The van der Waals surface area contributed by atoms with Crippen LogP contribution in [0.15, 0.2) is 72.8 Å². The Kier molecular flexibility index (Phi) is 5.66.